The number of ether oxygens (including phenoxy) is 4. The second kappa shape index (κ2) is 36.4. The molecule has 4 aromatic carbocycles. The first-order valence-corrected chi connectivity index (χ1v) is 41.3. The van der Waals surface area contributed by atoms with Crippen LogP contribution in [0, 0.1) is 61.7 Å². The summed E-state index contributed by atoms with van der Waals surface area (Å²) in [6.45, 7) is 33.5. The van der Waals surface area contributed by atoms with E-state index in [0.717, 1.165) is 96.1 Å². The van der Waals surface area contributed by atoms with Gasteiger partial charge in [0.25, 0.3) is 0 Å². The van der Waals surface area contributed by atoms with Gasteiger partial charge in [0.1, 0.15) is 49.0 Å². The van der Waals surface area contributed by atoms with E-state index < -0.39 is 78.6 Å². The summed E-state index contributed by atoms with van der Waals surface area (Å²) in [4.78, 5) is 72.6. The summed E-state index contributed by atoms with van der Waals surface area (Å²) in [5.41, 5.74) is 5.38. The van der Waals surface area contributed by atoms with Gasteiger partial charge in [0.15, 0.2) is 0 Å². The molecule has 618 valence electrons. The number of carboxylic acid groups (broad SMARTS) is 2. The van der Waals surface area contributed by atoms with Crippen molar-refractivity contribution in [2.45, 2.75) is 182 Å². The number of carboxylic acids is 2. The Kier molecular flexibility index (Phi) is 28.3. The molecule has 11 fully saturated rings. The third-order valence-corrected chi connectivity index (χ3v) is 27.5. The van der Waals surface area contributed by atoms with E-state index in [4.69, 9.17) is 37.9 Å². The molecule has 0 aromatic heterocycles. The first-order valence-electron chi connectivity index (χ1n) is 40.2. The van der Waals surface area contributed by atoms with Crippen molar-refractivity contribution in [3.05, 3.63) is 98.6 Å². The second-order valence-electron chi connectivity index (χ2n) is 35.2. The smallest absolute Gasteiger partial charge is 0.491 e. The fraction of sp³-hybridized carbons (Fsp3) is 0.667. The number of carbonyl (C=O) groups excluding carboxylic acids is 2. The average Bonchev–Trinajstić information content (AvgIpc) is 0.743. The lowest BCUT2D eigenvalue weighted by Crippen LogP contribution is -2.62. The normalized spacial score (nSPS) is 29.6. The third kappa shape index (κ3) is 19.1. The van der Waals surface area contributed by atoms with E-state index in [1.54, 1.807) is 48.2 Å². The predicted molar refractivity (Wildman–Crippen MR) is 436 cm³/mol. The van der Waals surface area contributed by atoms with Crippen molar-refractivity contribution in [1.82, 2.24) is 30.6 Å². The summed E-state index contributed by atoms with van der Waals surface area (Å²) in [6.07, 6.45) is 1.14. The second-order valence-corrected chi connectivity index (χ2v) is 36.3. The number of aliphatic hydroxyl groups is 4. The predicted octanol–water partition coefficient (Wildman–Crippen LogP) is 7.90. The van der Waals surface area contributed by atoms with E-state index in [9.17, 15) is 49.8 Å². The molecule has 4 aromatic rings. The van der Waals surface area contributed by atoms with Crippen LogP contribution < -0.4 is 35.4 Å². The number of anilines is 2. The van der Waals surface area contributed by atoms with Crippen LogP contribution in [0.25, 0.3) is 11.1 Å². The van der Waals surface area contributed by atoms with Gasteiger partial charge in [-0.1, -0.05) is 71.9 Å². The maximum Gasteiger partial charge on any atom is 0.494 e. The van der Waals surface area contributed by atoms with E-state index in [0.29, 0.717) is 97.3 Å². The zero-order chi connectivity index (χ0) is 81.2. The Bertz CT molecular complexity index is 3890. The number of hydrogen-bond donors (Lipinski definition) is 8. The Morgan fingerprint density at radius 3 is 1.42 bits per heavy atom. The fourth-order valence-corrected chi connectivity index (χ4v) is 19.4. The number of morpholine rings is 2. The van der Waals surface area contributed by atoms with Crippen LogP contribution in [0.3, 0.4) is 0 Å². The van der Waals surface area contributed by atoms with Crippen LogP contribution in [0.5, 0.6) is 11.5 Å². The zero-order valence-electron chi connectivity index (χ0n) is 68.5. The molecule has 8 N–H and O–H groups in total. The Balaban J connectivity index is 0.000000180. The minimum atomic E-state index is -1.03. The van der Waals surface area contributed by atoms with Crippen molar-refractivity contribution in [3.8, 4) is 22.6 Å². The van der Waals surface area contributed by atoms with Gasteiger partial charge in [-0.25, -0.2) is 9.59 Å². The Morgan fingerprint density at radius 2 is 1.01 bits per heavy atom. The number of amides is 2. The van der Waals surface area contributed by atoms with E-state index in [-0.39, 0.29) is 60.2 Å². The summed E-state index contributed by atoms with van der Waals surface area (Å²) in [6, 6.07) is 20.6. The lowest BCUT2D eigenvalue weighted by molar-refractivity contribution is -0.183. The van der Waals surface area contributed by atoms with Crippen LogP contribution in [0.15, 0.2) is 72.8 Å². The molecular weight excluding hydrogens is 1550 g/mol. The number of fused-ring (bicyclic) bond motifs is 4. The molecule has 0 radical (unpaired) electrons. The quantitative estimate of drug-likeness (QED) is 0.0219. The highest BCUT2D eigenvalue weighted by atomic mass is 127. The molecule has 0 spiro atoms. The molecule has 2 amide bonds. The molecule has 5 heterocycles. The van der Waals surface area contributed by atoms with Gasteiger partial charge in [0.2, 0.25) is 11.8 Å². The topological polar surface area (TPSA) is 307 Å². The molecule has 4 bridgehead atoms. The molecule has 28 heteroatoms. The minimum Gasteiger partial charge on any atom is -0.491 e. The number of hydrogen-bond acceptors (Lipinski definition) is 22. The van der Waals surface area contributed by atoms with Crippen LogP contribution >= 0.6 is 22.6 Å². The molecule has 15 rings (SSSR count). The van der Waals surface area contributed by atoms with Crippen LogP contribution in [0.1, 0.15) is 141 Å². The molecule has 11 aliphatic rings. The maximum absolute atomic E-state index is 14.3. The first kappa shape index (κ1) is 87.0. The summed E-state index contributed by atoms with van der Waals surface area (Å²) in [5, 5.41) is 71.4. The van der Waals surface area contributed by atoms with E-state index in [1.165, 1.54) is 12.8 Å². The van der Waals surface area contributed by atoms with E-state index in [2.05, 4.69) is 84.6 Å². The summed E-state index contributed by atoms with van der Waals surface area (Å²) < 4.78 is 36.8. The molecule has 6 saturated carbocycles. The van der Waals surface area contributed by atoms with Crippen molar-refractivity contribution in [1.29, 1.82) is 0 Å². The van der Waals surface area contributed by atoms with Gasteiger partial charge in [-0.05, 0) is 190 Å². The highest BCUT2D eigenvalue weighted by Gasteiger charge is 2.60. The molecule has 112 heavy (non-hydrogen) atoms. The van der Waals surface area contributed by atoms with Crippen molar-refractivity contribution in [3.63, 3.8) is 0 Å². The molecule has 16 atom stereocenters. The Hall–Kier alpha value is -5.81. The van der Waals surface area contributed by atoms with Crippen molar-refractivity contribution < 1.29 is 87.7 Å². The number of hydroxylamine groups is 4. The van der Waals surface area contributed by atoms with Gasteiger partial charge in [0, 0.05) is 119 Å². The van der Waals surface area contributed by atoms with E-state index >= 15 is 0 Å². The first-order chi connectivity index (χ1) is 52.9. The van der Waals surface area contributed by atoms with Crippen LogP contribution in [0.2, 0.25) is 0 Å². The number of aromatic carboxylic acids is 2. The molecule has 26 nitrogen and oxygen atoms in total. The largest absolute Gasteiger partial charge is 0.494 e. The monoisotopic (exact) mass is 1670 g/mol. The highest BCUT2D eigenvalue weighted by Crippen LogP contribution is 2.62. The number of nitrogens with one attached hydrogen (secondary N) is 2. The number of benzene rings is 4. The van der Waals surface area contributed by atoms with Gasteiger partial charge in [-0.3, -0.25) is 29.1 Å². The molecule has 5 aliphatic heterocycles. The lowest BCUT2D eigenvalue weighted by Gasteiger charge is -2.62. The SMILES string of the molecule is CN(C)c1cc(B2OC(C)(C)C(C)(C)O2)cc(C(=O)O)c1.C[C@H](O)[C@@H]1[C@H](CO)ON(Cc2cccc(-c3cc(C(=O)O)cc(N(C)C)c3)c2OCCN2CCOCC2)[C@@H]1C(=O)N[C@H]1C[C@H]2CC([C@@H]1C)C2(C)C.C[C@H](O)[C@@H]1[C@H](CO)ON(Cc2cccc(I)c2OCCN2CCOCC2)[C@@H]1C(=O)N[C@H]1C[C@H]2CC([C@@H]1C)C2(C)C. The van der Waals surface area contributed by atoms with Crippen LogP contribution in [-0.4, -0.2) is 262 Å². The number of halogens is 1. The highest BCUT2D eigenvalue weighted by molar-refractivity contribution is 14.1. The summed E-state index contributed by atoms with van der Waals surface area (Å²) >= 11 is 2.28. The van der Waals surface area contributed by atoms with Crippen LogP contribution in [-0.2, 0) is 51.1 Å². The number of aliphatic hydroxyl groups excluding tert-OH is 4. The van der Waals surface area contributed by atoms with Gasteiger partial charge in [-0.15, -0.1) is 0 Å². The molecule has 6 aliphatic carbocycles. The minimum absolute atomic E-state index is 0.0220. The molecule has 5 saturated heterocycles. The number of carbonyl (C=O) groups is 4. The maximum atomic E-state index is 14.3. The van der Waals surface area contributed by atoms with Gasteiger partial charge in [0.05, 0.1) is 90.8 Å². The summed E-state index contributed by atoms with van der Waals surface area (Å²) in [7, 11) is 6.91. The molecular formula is C84H124BIN8O18. The zero-order valence-corrected chi connectivity index (χ0v) is 70.7. The number of rotatable bonds is 26. The van der Waals surface area contributed by atoms with Crippen molar-refractivity contribution in [2.24, 2.45) is 58.2 Å². The number of nitrogens with zero attached hydrogens (tertiary/aromatic N) is 6. The third-order valence-electron chi connectivity index (χ3n) is 26.7. The Morgan fingerprint density at radius 1 is 0.589 bits per heavy atom. The van der Waals surface area contributed by atoms with E-state index in [1.807, 2.05) is 114 Å². The Labute approximate surface area is 675 Å². The van der Waals surface area contributed by atoms with Gasteiger partial charge in [-0.2, -0.15) is 10.1 Å². The lowest BCUT2D eigenvalue weighted by atomic mass is 9.45. The van der Waals surface area contributed by atoms with Crippen molar-refractivity contribution >= 4 is 70.3 Å². The molecule has 2 unspecified atom stereocenters. The average molecular weight is 1670 g/mol. The summed E-state index contributed by atoms with van der Waals surface area (Å²) in [5.74, 6) is 0.815. The van der Waals surface area contributed by atoms with Crippen molar-refractivity contribution in [2.75, 3.05) is 130 Å². The number of para-hydroxylation sites is 2. The van der Waals surface area contributed by atoms with Crippen LogP contribution in [0.4, 0.5) is 11.4 Å². The van der Waals surface area contributed by atoms with Gasteiger partial charge < -0.3 is 79.3 Å². The standard InChI is InChI=1S/C39H56N4O8.C30H46IN3O6.C15H22BNO4/c1-23-31-19-28(39(31,3)4)20-32(23)40-37(46)35-34(24(2)45)33(22-44)51-43(35)21-25-8-7-9-30(36(25)50-15-12-42-10-13-49-14-11-42)26-16-27(38(47)48)18-29(17-26)41(5)6;1-18-22-14-21(30(22,3)4)15-24(18)32-29(37)27-26(19(2)36)25(17-35)40-34(27)16-20-6-5-7-23(31)28(20)39-13-10-33-8-11-38-12-9-33;1-14(2)15(3,4)21-16(20-14)11-7-10(13(18)19)8-12(9-11)17(5)6/h7-9,16-18,23-24,28,31-35,44-45H,10-15,19-22H2,1-6H3,(H,40,46)(H,47,48);5-7,18-19,21-22,24-27,35-36H,8-17H2,1-4H3,(H,32,37);7-9H,1-6H3,(H,18,19)/t23-,24-,28+,31?,32-,33-,34+,35-;18-,19-,21+,22?,24-,25-,26+,27-;/m00./s1. The fourth-order valence-electron chi connectivity index (χ4n) is 18.7. The van der Waals surface area contributed by atoms with Gasteiger partial charge >= 0.3 is 19.1 Å².